The van der Waals surface area contributed by atoms with Gasteiger partial charge in [-0.1, -0.05) is 6.92 Å². The highest BCUT2D eigenvalue weighted by atomic mass is 19.3. The second-order valence-electron chi connectivity index (χ2n) is 2.72. The minimum atomic E-state index is -2.97. The average molecular weight is 207 g/mol. The van der Waals surface area contributed by atoms with E-state index in [9.17, 15) is 13.6 Å². The van der Waals surface area contributed by atoms with Crippen LogP contribution in [0.2, 0.25) is 0 Å². The van der Waals surface area contributed by atoms with Gasteiger partial charge in [-0.3, -0.25) is 0 Å². The molecule has 1 aromatic heterocycles. The van der Waals surface area contributed by atoms with Gasteiger partial charge in [0.25, 0.3) is 0 Å². The van der Waals surface area contributed by atoms with E-state index in [0.29, 0.717) is 13.0 Å². The Labute approximate surface area is 78.9 Å². The highest BCUT2D eigenvalue weighted by molar-refractivity contribution is 4.93. The first-order valence-corrected chi connectivity index (χ1v) is 4.15. The number of aromatic nitrogens is 3. The van der Waals surface area contributed by atoms with Gasteiger partial charge in [0.1, 0.15) is 0 Å². The number of aryl methyl sites for hydroxylation is 1. The van der Waals surface area contributed by atoms with Gasteiger partial charge in [-0.15, -0.1) is 5.10 Å². The van der Waals surface area contributed by atoms with Crippen LogP contribution in [-0.4, -0.2) is 21.0 Å². The molecule has 0 spiro atoms. The van der Waals surface area contributed by atoms with E-state index < -0.39 is 12.3 Å². The number of halogens is 2. The molecule has 0 unspecified atom stereocenters. The Morgan fingerprint density at radius 1 is 1.57 bits per heavy atom. The number of hydrogen-bond acceptors (Lipinski definition) is 3. The lowest BCUT2D eigenvalue weighted by molar-refractivity contribution is -0.0588. The Bertz CT molecular complexity index is 358. The van der Waals surface area contributed by atoms with Gasteiger partial charge in [0.15, 0.2) is 0 Å². The number of ether oxygens (including phenoxy) is 1. The highest BCUT2D eigenvalue weighted by Gasteiger charge is 2.15. The van der Waals surface area contributed by atoms with E-state index in [1.165, 1.54) is 7.05 Å². The van der Waals surface area contributed by atoms with Crippen molar-refractivity contribution in [1.82, 2.24) is 14.3 Å². The predicted molar refractivity (Wildman–Crippen MR) is 44.4 cm³/mol. The third kappa shape index (κ3) is 2.09. The van der Waals surface area contributed by atoms with Crippen LogP contribution in [0.5, 0.6) is 6.01 Å². The van der Waals surface area contributed by atoms with Crippen molar-refractivity contribution in [3.05, 3.63) is 10.5 Å². The Morgan fingerprint density at radius 2 is 2.21 bits per heavy atom. The molecule has 0 fully saturated rings. The van der Waals surface area contributed by atoms with Crippen molar-refractivity contribution in [2.24, 2.45) is 7.05 Å². The van der Waals surface area contributed by atoms with Gasteiger partial charge < -0.3 is 4.74 Å². The molecular formula is C7H11F2N3O2. The summed E-state index contributed by atoms with van der Waals surface area (Å²) in [5, 5.41) is 3.53. The summed E-state index contributed by atoms with van der Waals surface area (Å²) in [6.07, 6.45) is 0.644. The molecule has 0 saturated heterocycles. The minimum absolute atomic E-state index is 0.314. The van der Waals surface area contributed by atoms with Crippen molar-refractivity contribution in [2.75, 3.05) is 0 Å². The van der Waals surface area contributed by atoms with Crippen molar-refractivity contribution in [3.63, 3.8) is 0 Å². The standard InChI is InChI=1S/C7H11F2N3O2/c1-3-4-12-6(14-5(8)9)10-11(2)7(12)13/h5H,3-4H2,1-2H3. The molecule has 0 aliphatic carbocycles. The monoisotopic (exact) mass is 207 g/mol. The summed E-state index contributed by atoms with van der Waals surface area (Å²) in [6.45, 7) is -0.826. The first-order chi connectivity index (χ1) is 6.56. The summed E-state index contributed by atoms with van der Waals surface area (Å²) in [5.41, 5.74) is -0.456. The Balaban J connectivity index is 3.02. The van der Waals surface area contributed by atoms with E-state index in [1.807, 2.05) is 6.92 Å². The Morgan fingerprint density at radius 3 is 2.71 bits per heavy atom. The van der Waals surface area contributed by atoms with Crippen molar-refractivity contribution in [2.45, 2.75) is 26.5 Å². The normalized spacial score (nSPS) is 10.9. The molecule has 0 amide bonds. The topological polar surface area (TPSA) is 49.0 Å². The molecule has 14 heavy (non-hydrogen) atoms. The first kappa shape index (κ1) is 10.7. The Hall–Kier alpha value is -1.40. The maximum absolute atomic E-state index is 11.9. The number of hydrogen-bond donors (Lipinski definition) is 0. The van der Waals surface area contributed by atoms with E-state index in [4.69, 9.17) is 0 Å². The molecule has 0 aliphatic heterocycles. The van der Waals surface area contributed by atoms with Crippen LogP contribution in [0.3, 0.4) is 0 Å². The molecule has 5 nitrogen and oxygen atoms in total. The van der Waals surface area contributed by atoms with E-state index in [1.54, 1.807) is 0 Å². The predicted octanol–water partition coefficient (Wildman–Crippen LogP) is 0.593. The summed E-state index contributed by atoms with van der Waals surface area (Å²) < 4.78 is 29.9. The van der Waals surface area contributed by atoms with E-state index >= 15 is 0 Å². The lowest BCUT2D eigenvalue weighted by Gasteiger charge is -2.03. The lowest BCUT2D eigenvalue weighted by atomic mass is 10.5. The van der Waals surface area contributed by atoms with Crippen molar-refractivity contribution in [3.8, 4) is 6.01 Å². The van der Waals surface area contributed by atoms with Crippen LogP contribution in [0, 0.1) is 0 Å². The summed E-state index contributed by atoms with van der Waals surface area (Å²) in [4.78, 5) is 11.3. The third-order valence-electron chi connectivity index (χ3n) is 1.62. The lowest BCUT2D eigenvalue weighted by Crippen LogP contribution is -2.23. The molecule has 0 bridgehead atoms. The Kier molecular flexibility index (Phi) is 3.21. The van der Waals surface area contributed by atoms with Gasteiger partial charge >= 0.3 is 18.3 Å². The van der Waals surface area contributed by atoms with Crippen LogP contribution in [0.4, 0.5) is 8.78 Å². The smallest absolute Gasteiger partial charge is 0.389 e. The zero-order valence-corrected chi connectivity index (χ0v) is 7.91. The van der Waals surface area contributed by atoms with Crippen molar-refractivity contribution >= 4 is 0 Å². The van der Waals surface area contributed by atoms with E-state index in [0.717, 1.165) is 9.25 Å². The van der Waals surface area contributed by atoms with Crippen LogP contribution >= 0.6 is 0 Å². The average Bonchev–Trinajstić information content (AvgIpc) is 2.32. The quantitative estimate of drug-likeness (QED) is 0.726. The molecule has 0 radical (unpaired) electrons. The molecule has 1 rings (SSSR count). The van der Waals surface area contributed by atoms with E-state index in [-0.39, 0.29) is 6.01 Å². The molecule has 1 aromatic rings. The molecule has 7 heteroatoms. The fraction of sp³-hybridized carbons (Fsp3) is 0.714. The number of alkyl halides is 2. The highest BCUT2D eigenvalue weighted by Crippen LogP contribution is 2.08. The van der Waals surface area contributed by atoms with Crippen molar-refractivity contribution in [1.29, 1.82) is 0 Å². The molecule has 0 N–H and O–H groups in total. The molecule has 0 atom stereocenters. The summed E-state index contributed by atoms with van der Waals surface area (Å²) >= 11 is 0. The molecule has 80 valence electrons. The zero-order chi connectivity index (χ0) is 10.7. The van der Waals surface area contributed by atoms with Crippen molar-refractivity contribution < 1.29 is 13.5 Å². The second-order valence-corrected chi connectivity index (χ2v) is 2.72. The van der Waals surface area contributed by atoms with Gasteiger partial charge in [0.05, 0.1) is 0 Å². The molecule has 0 saturated carbocycles. The van der Waals surface area contributed by atoms with Gasteiger partial charge in [0, 0.05) is 13.6 Å². The SMILES string of the molecule is CCCn1c(OC(F)F)nn(C)c1=O. The van der Waals surface area contributed by atoms with Crippen LogP contribution < -0.4 is 10.4 Å². The maximum atomic E-state index is 11.9. The van der Waals surface area contributed by atoms with Gasteiger partial charge in [-0.05, 0) is 6.42 Å². The molecule has 0 aromatic carbocycles. The molecule has 0 aliphatic rings. The van der Waals surface area contributed by atoms with Crippen LogP contribution in [0.1, 0.15) is 13.3 Å². The van der Waals surface area contributed by atoms with Gasteiger partial charge in [-0.25, -0.2) is 14.0 Å². The van der Waals surface area contributed by atoms with Crippen LogP contribution in [-0.2, 0) is 13.6 Å². The summed E-state index contributed by atoms with van der Waals surface area (Å²) in [7, 11) is 1.38. The maximum Gasteiger partial charge on any atom is 0.389 e. The summed E-state index contributed by atoms with van der Waals surface area (Å²) in [6, 6.07) is -0.339. The van der Waals surface area contributed by atoms with Crippen LogP contribution in [0.25, 0.3) is 0 Å². The number of rotatable bonds is 4. The largest absolute Gasteiger partial charge is 0.401 e. The fourth-order valence-electron chi connectivity index (χ4n) is 1.06. The number of nitrogens with zero attached hydrogens (tertiary/aromatic N) is 3. The fourth-order valence-corrected chi connectivity index (χ4v) is 1.06. The van der Waals surface area contributed by atoms with Crippen LogP contribution in [0.15, 0.2) is 4.79 Å². The van der Waals surface area contributed by atoms with Gasteiger partial charge in [0.2, 0.25) is 0 Å². The third-order valence-corrected chi connectivity index (χ3v) is 1.62. The zero-order valence-electron chi connectivity index (χ0n) is 7.91. The molecule has 1 heterocycles. The van der Waals surface area contributed by atoms with E-state index in [2.05, 4.69) is 9.84 Å². The first-order valence-electron chi connectivity index (χ1n) is 4.15. The minimum Gasteiger partial charge on any atom is -0.401 e. The molecular weight excluding hydrogens is 196 g/mol. The van der Waals surface area contributed by atoms with Gasteiger partial charge in [-0.2, -0.15) is 8.78 Å². The second kappa shape index (κ2) is 4.21. The summed E-state index contributed by atoms with van der Waals surface area (Å²) in [5.74, 6) is 0.